The van der Waals surface area contributed by atoms with Gasteiger partial charge < -0.3 is 5.11 Å². The summed E-state index contributed by atoms with van der Waals surface area (Å²) in [6.07, 6.45) is 0. The summed E-state index contributed by atoms with van der Waals surface area (Å²) in [7, 11) is 0. The standard InChI is InChI=1S/C9H11IO/c1-7(10)9-4-2-3-8(5-9)6-11/h2-5,7,11H,6H2,1H3/t7-/m1/s1. The Morgan fingerprint density at radius 1 is 1.55 bits per heavy atom. The van der Waals surface area contributed by atoms with Gasteiger partial charge in [-0.2, -0.15) is 0 Å². The average molecular weight is 262 g/mol. The molecule has 1 aromatic rings. The maximum absolute atomic E-state index is 8.84. The van der Waals surface area contributed by atoms with Crippen LogP contribution in [-0.4, -0.2) is 5.11 Å². The molecule has 1 aromatic carbocycles. The van der Waals surface area contributed by atoms with Crippen molar-refractivity contribution in [2.75, 3.05) is 0 Å². The summed E-state index contributed by atoms with van der Waals surface area (Å²) in [5, 5.41) is 8.84. The molecule has 1 atom stereocenters. The molecule has 0 aliphatic rings. The summed E-state index contributed by atoms with van der Waals surface area (Å²) in [4.78, 5) is 0. The first-order valence-electron chi connectivity index (χ1n) is 3.58. The van der Waals surface area contributed by atoms with Crippen molar-refractivity contribution < 1.29 is 5.11 Å². The molecule has 0 amide bonds. The van der Waals surface area contributed by atoms with Crippen LogP contribution < -0.4 is 0 Å². The molecule has 0 saturated heterocycles. The van der Waals surface area contributed by atoms with Crippen LogP contribution >= 0.6 is 22.6 Å². The second-order valence-electron chi connectivity index (χ2n) is 2.52. The van der Waals surface area contributed by atoms with Crippen molar-refractivity contribution in [3.05, 3.63) is 35.4 Å². The zero-order chi connectivity index (χ0) is 8.27. The van der Waals surface area contributed by atoms with Crippen LogP contribution in [0.5, 0.6) is 0 Å². The summed E-state index contributed by atoms with van der Waals surface area (Å²) >= 11 is 2.36. The molecule has 0 radical (unpaired) electrons. The summed E-state index contributed by atoms with van der Waals surface area (Å²) in [6.45, 7) is 2.27. The van der Waals surface area contributed by atoms with Gasteiger partial charge in [0.1, 0.15) is 0 Å². The third-order valence-electron chi connectivity index (χ3n) is 1.59. The Morgan fingerprint density at radius 3 is 2.82 bits per heavy atom. The Labute approximate surface area is 80.6 Å². The minimum absolute atomic E-state index is 0.136. The number of aliphatic hydroxyl groups is 1. The Hall–Kier alpha value is -0.0900. The molecule has 0 saturated carbocycles. The number of hydrogen-bond acceptors (Lipinski definition) is 1. The lowest BCUT2D eigenvalue weighted by Gasteiger charge is -2.04. The fraction of sp³-hybridized carbons (Fsp3) is 0.333. The van der Waals surface area contributed by atoms with Crippen molar-refractivity contribution in [1.29, 1.82) is 0 Å². The predicted molar refractivity (Wildman–Crippen MR) is 54.8 cm³/mol. The molecule has 1 N–H and O–H groups in total. The maximum atomic E-state index is 8.84. The molecular weight excluding hydrogens is 251 g/mol. The highest BCUT2D eigenvalue weighted by molar-refractivity contribution is 14.1. The highest BCUT2D eigenvalue weighted by atomic mass is 127. The fourth-order valence-electron chi connectivity index (χ4n) is 0.939. The maximum Gasteiger partial charge on any atom is 0.0681 e. The number of rotatable bonds is 2. The van der Waals surface area contributed by atoms with Crippen molar-refractivity contribution in [2.45, 2.75) is 17.5 Å². The molecule has 11 heavy (non-hydrogen) atoms. The monoisotopic (exact) mass is 262 g/mol. The summed E-state index contributed by atoms with van der Waals surface area (Å²) in [6, 6.07) is 8.03. The van der Waals surface area contributed by atoms with Crippen LogP contribution in [0, 0.1) is 0 Å². The van der Waals surface area contributed by atoms with E-state index in [0.717, 1.165) is 5.56 Å². The van der Waals surface area contributed by atoms with Gasteiger partial charge in [0.2, 0.25) is 0 Å². The molecule has 1 nitrogen and oxygen atoms in total. The summed E-state index contributed by atoms with van der Waals surface area (Å²) in [5.41, 5.74) is 2.27. The zero-order valence-corrected chi connectivity index (χ0v) is 8.58. The second-order valence-corrected chi connectivity index (χ2v) is 4.39. The first-order chi connectivity index (χ1) is 5.24. The van der Waals surface area contributed by atoms with Crippen LogP contribution in [0.15, 0.2) is 24.3 Å². The Kier molecular flexibility index (Phi) is 3.33. The van der Waals surface area contributed by atoms with Crippen LogP contribution in [0.2, 0.25) is 0 Å². The quantitative estimate of drug-likeness (QED) is 0.641. The van der Waals surface area contributed by atoms with Crippen molar-refractivity contribution in [3.63, 3.8) is 0 Å². The second kappa shape index (κ2) is 4.07. The molecule has 0 fully saturated rings. The lowest BCUT2D eigenvalue weighted by atomic mass is 10.1. The molecule has 0 aromatic heterocycles. The number of benzene rings is 1. The van der Waals surface area contributed by atoms with Crippen molar-refractivity contribution >= 4 is 22.6 Å². The predicted octanol–water partition coefficient (Wildman–Crippen LogP) is 2.67. The number of halogens is 1. The lowest BCUT2D eigenvalue weighted by molar-refractivity contribution is 0.281. The van der Waals surface area contributed by atoms with Crippen LogP contribution in [0.4, 0.5) is 0 Å². The lowest BCUT2D eigenvalue weighted by Crippen LogP contribution is -1.87. The van der Waals surface area contributed by atoms with Gasteiger partial charge in [-0.3, -0.25) is 0 Å². The highest BCUT2D eigenvalue weighted by Crippen LogP contribution is 2.22. The molecule has 0 aliphatic heterocycles. The Bertz CT molecular complexity index is 233. The third-order valence-corrected chi connectivity index (χ3v) is 2.31. The molecule has 0 unspecified atom stereocenters. The Balaban J connectivity index is 2.91. The van der Waals surface area contributed by atoms with Gasteiger partial charge in [-0.1, -0.05) is 46.9 Å². The molecular formula is C9H11IO. The van der Waals surface area contributed by atoms with Crippen LogP contribution in [0.25, 0.3) is 0 Å². The molecule has 1 rings (SSSR count). The van der Waals surface area contributed by atoms with E-state index >= 15 is 0 Å². The van der Waals surface area contributed by atoms with E-state index in [-0.39, 0.29) is 6.61 Å². The van der Waals surface area contributed by atoms with Gasteiger partial charge in [0, 0.05) is 3.92 Å². The van der Waals surface area contributed by atoms with Gasteiger partial charge in [0.15, 0.2) is 0 Å². The molecule has 60 valence electrons. The van der Waals surface area contributed by atoms with E-state index in [4.69, 9.17) is 5.11 Å². The smallest absolute Gasteiger partial charge is 0.0681 e. The van der Waals surface area contributed by atoms with E-state index in [1.54, 1.807) is 0 Å². The van der Waals surface area contributed by atoms with E-state index in [0.29, 0.717) is 3.92 Å². The molecule has 2 heteroatoms. The molecule has 0 aliphatic carbocycles. The van der Waals surface area contributed by atoms with Gasteiger partial charge in [-0.05, 0) is 18.1 Å². The highest BCUT2D eigenvalue weighted by Gasteiger charge is 1.99. The van der Waals surface area contributed by atoms with Crippen molar-refractivity contribution in [3.8, 4) is 0 Å². The van der Waals surface area contributed by atoms with E-state index in [1.165, 1.54) is 5.56 Å². The topological polar surface area (TPSA) is 20.2 Å². The van der Waals surface area contributed by atoms with Gasteiger partial charge in [-0.15, -0.1) is 0 Å². The number of alkyl halides is 1. The average Bonchev–Trinajstić information content (AvgIpc) is 2.05. The summed E-state index contributed by atoms with van der Waals surface area (Å²) in [5.74, 6) is 0. The first kappa shape index (κ1) is 9.00. The van der Waals surface area contributed by atoms with E-state index in [2.05, 4.69) is 35.6 Å². The minimum atomic E-state index is 0.136. The fourth-order valence-corrected chi connectivity index (χ4v) is 1.33. The number of aliphatic hydroxyl groups excluding tert-OH is 1. The van der Waals surface area contributed by atoms with Crippen LogP contribution in [0.3, 0.4) is 0 Å². The largest absolute Gasteiger partial charge is 0.392 e. The van der Waals surface area contributed by atoms with Gasteiger partial charge >= 0.3 is 0 Å². The summed E-state index contributed by atoms with van der Waals surface area (Å²) < 4.78 is 0.513. The van der Waals surface area contributed by atoms with E-state index in [1.807, 2.05) is 18.2 Å². The zero-order valence-electron chi connectivity index (χ0n) is 6.42. The third kappa shape index (κ3) is 2.45. The van der Waals surface area contributed by atoms with Crippen molar-refractivity contribution in [1.82, 2.24) is 0 Å². The number of hydrogen-bond donors (Lipinski definition) is 1. The van der Waals surface area contributed by atoms with E-state index in [9.17, 15) is 0 Å². The van der Waals surface area contributed by atoms with Crippen LogP contribution in [-0.2, 0) is 6.61 Å². The molecule has 0 heterocycles. The SMILES string of the molecule is C[C@@H](I)c1cccc(CO)c1. The van der Waals surface area contributed by atoms with Crippen LogP contribution in [0.1, 0.15) is 22.0 Å². The first-order valence-corrected chi connectivity index (χ1v) is 4.82. The molecule has 0 bridgehead atoms. The van der Waals surface area contributed by atoms with Gasteiger partial charge in [-0.25, -0.2) is 0 Å². The minimum Gasteiger partial charge on any atom is -0.392 e. The Morgan fingerprint density at radius 2 is 2.27 bits per heavy atom. The van der Waals surface area contributed by atoms with Gasteiger partial charge in [0.25, 0.3) is 0 Å². The van der Waals surface area contributed by atoms with Gasteiger partial charge in [0.05, 0.1) is 6.61 Å². The van der Waals surface area contributed by atoms with E-state index < -0.39 is 0 Å². The normalized spacial score (nSPS) is 13.0. The van der Waals surface area contributed by atoms with Crippen molar-refractivity contribution in [2.24, 2.45) is 0 Å². The molecule has 0 spiro atoms.